The molecule has 1 aliphatic rings. The summed E-state index contributed by atoms with van der Waals surface area (Å²) >= 11 is 0. The van der Waals surface area contributed by atoms with Gasteiger partial charge in [0.1, 0.15) is 0 Å². The SMILES string of the molecule is CC(C)(C)c1ccc(-c2n[nH]c3c2C(CC(=O)O)CCC3)cc1. The molecule has 0 radical (unpaired) electrons. The summed E-state index contributed by atoms with van der Waals surface area (Å²) in [6.07, 6.45) is 3.08. The fraction of sp³-hybridized carbons (Fsp3) is 0.474. The van der Waals surface area contributed by atoms with Crippen LogP contribution in [0.5, 0.6) is 0 Å². The Balaban J connectivity index is 1.98. The number of carboxylic acids is 1. The fourth-order valence-corrected chi connectivity index (χ4v) is 3.45. The molecule has 122 valence electrons. The molecular weight excluding hydrogens is 288 g/mol. The molecule has 0 saturated carbocycles. The average Bonchev–Trinajstić information content (AvgIpc) is 2.91. The lowest BCUT2D eigenvalue weighted by Gasteiger charge is -2.22. The number of aromatic nitrogens is 2. The second-order valence-electron chi connectivity index (χ2n) is 7.48. The van der Waals surface area contributed by atoms with Gasteiger partial charge in [0, 0.05) is 16.8 Å². The van der Waals surface area contributed by atoms with Crippen LogP contribution >= 0.6 is 0 Å². The van der Waals surface area contributed by atoms with Gasteiger partial charge in [0.15, 0.2) is 0 Å². The van der Waals surface area contributed by atoms with Crippen LogP contribution in [0.3, 0.4) is 0 Å². The van der Waals surface area contributed by atoms with Gasteiger partial charge >= 0.3 is 5.97 Å². The van der Waals surface area contributed by atoms with Gasteiger partial charge < -0.3 is 5.11 Å². The van der Waals surface area contributed by atoms with E-state index in [4.69, 9.17) is 0 Å². The van der Waals surface area contributed by atoms with Crippen molar-refractivity contribution in [1.29, 1.82) is 0 Å². The lowest BCUT2D eigenvalue weighted by atomic mass is 9.81. The molecule has 1 atom stereocenters. The topological polar surface area (TPSA) is 66.0 Å². The maximum atomic E-state index is 11.2. The van der Waals surface area contributed by atoms with E-state index in [0.717, 1.165) is 41.8 Å². The highest BCUT2D eigenvalue weighted by atomic mass is 16.4. The van der Waals surface area contributed by atoms with Crippen molar-refractivity contribution in [2.24, 2.45) is 0 Å². The molecule has 2 N–H and O–H groups in total. The summed E-state index contributed by atoms with van der Waals surface area (Å²) in [4.78, 5) is 11.2. The third-order valence-electron chi connectivity index (χ3n) is 4.72. The Morgan fingerprint density at radius 3 is 2.61 bits per heavy atom. The number of nitrogens with one attached hydrogen (secondary N) is 1. The first kappa shape index (κ1) is 15.8. The Morgan fingerprint density at radius 1 is 1.30 bits per heavy atom. The Labute approximate surface area is 136 Å². The average molecular weight is 312 g/mol. The van der Waals surface area contributed by atoms with E-state index >= 15 is 0 Å². The van der Waals surface area contributed by atoms with Crippen molar-refractivity contribution in [3.05, 3.63) is 41.1 Å². The number of hydrogen-bond donors (Lipinski definition) is 2. The number of aromatic amines is 1. The Kier molecular flexibility index (Phi) is 4.00. The van der Waals surface area contributed by atoms with Crippen LogP contribution in [0.4, 0.5) is 0 Å². The lowest BCUT2D eigenvalue weighted by molar-refractivity contribution is -0.137. The van der Waals surface area contributed by atoms with Gasteiger partial charge in [0.2, 0.25) is 0 Å². The lowest BCUT2D eigenvalue weighted by Crippen LogP contribution is -2.13. The zero-order valence-electron chi connectivity index (χ0n) is 14.0. The molecular formula is C19H24N2O2. The summed E-state index contributed by atoms with van der Waals surface area (Å²) < 4.78 is 0. The Morgan fingerprint density at radius 2 is 2.00 bits per heavy atom. The summed E-state index contributed by atoms with van der Waals surface area (Å²) in [5.41, 5.74) is 5.61. The van der Waals surface area contributed by atoms with Crippen molar-refractivity contribution < 1.29 is 9.90 Å². The molecule has 0 aliphatic heterocycles. The smallest absolute Gasteiger partial charge is 0.303 e. The molecule has 1 aromatic carbocycles. The first-order valence-corrected chi connectivity index (χ1v) is 8.26. The third kappa shape index (κ3) is 3.16. The molecule has 4 heteroatoms. The molecule has 0 spiro atoms. The van der Waals surface area contributed by atoms with E-state index in [9.17, 15) is 9.90 Å². The summed E-state index contributed by atoms with van der Waals surface area (Å²) in [5.74, 6) is -0.676. The number of aliphatic carboxylic acids is 1. The van der Waals surface area contributed by atoms with Crippen molar-refractivity contribution in [2.75, 3.05) is 0 Å². The van der Waals surface area contributed by atoms with Crippen LogP contribution in [0.25, 0.3) is 11.3 Å². The predicted octanol–water partition coefficient (Wildman–Crippen LogP) is 4.27. The minimum Gasteiger partial charge on any atom is -0.481 e. The van der Waals surface area contributed by atoms with Crippen LogP contribution < -0.4 is 0 Å². The number of H-pyrrole nitrogens is 1. The van der Waals surface area contributed by atoms with Gasteiger partial charge in [-0.2, -0.15) is 5.10 Å². The monoisotopic (exact) mass is 312 g/mol. The minimum atomic E-state index is -0.738. The highest BCUT2D eigenvalue weighted by Gasteiger charge is 2.28. The highest BCUT2D eigenvalue weighted by Crippen LogP contribution is 2.39. The molecule has 23 heavy (non-hydrogen) atoms. The van der Waals surface area contributed by atoms with Crippen molar-refractivity contribution in [3.8, 4) is 11.3 Å². The van der Waals surface area contributed by atoms with E-state index in [0.29, 0.717) is 0 Å². The second-order valence-corrected chi connectivity index (χ2v) is 7.48. The van der Waals surface area contributed by atoms with Gasteiger partial charge in [0.25, 0.3) is 0 Å². The van der Waals surface area contributed by atoms with E-state index in [-0.39, 0.29) is 17.8 Å². The number of aryl methyl sites for hydroxylation is 1. The number of rotatable bonds is 3. The van der Waals surface area contributed by atoms with E-state index in [2.05, 4.69) is 55.2 Å². The zero-order chi connectivity index (χ0) is 16.6. The molecule has 0 amide bonds. The van der Waals surface area contributed by atoms with Crippen molar-refractivity contribution in [1.82, 2.24) is 10.2 Å². The number of carbonyl (C=O) groups is 1. The first-order chi connectivity index (χ1) is 10.9. The number of benzene rings is 1. The largest absolute Gasteiger partial charge is 0.481 e. The number of hydrogen-bond acceptors (Lipinski definition) is 2. The molecule has 0 fully saturated rings. The van der Waals surface area contributed by atoms with Crippen LogP contribution in [-0.2, 0) is 16.6 Å². The summed E-state index contributed by atoms with van der Waals surface area (Å²) in [6.45, 7) is 6.59. The fourth-order valence-electron chi connectivity index (χ4n) is 3.45. The van der Waals surface area contributed by atoms with Gasteiger partial charge in [-0.1, -0.05) is 45.0 Å². The summed E-state index contributed by atoms with van der Waals surface area (Å²) in [7, 11) is 0. The highest BCUT2D eigenvalue weighted by molar-refractivity contribution is 5.71. The van der Waals surface area contributed by atoms with E-state index < -0.39 is 5.97 Å². The minimum absolute atomic E-state index is 0.0623. The van der Waals surface area contributed by atoms with Crippen LogP contribution in [0, 0.1) is 0 Å². The zero-order valence-corrected chi connectivity index (χ0v) is 14.0. The second kappa shape index (κ2) is 5.84. The van der Waals surface area contributed by atoms with Gasteiger partial charge in [-0.3, -0.25) is 9.89 Å². The van der Waals surface area contributed by atoms with Crippen molar-refractivity contribution >= 4 is 5.97 Å². The van der Waals surface area contributed by atoms with Crippen molar-refractivity contribution in [3.63, 3.8) is 0 Å². The number of nitrogens with zero attached hydrogens (tertiary/aromatic N) is 1. The van der Waals surface area contributed by atoms with Crippen LogP contribution in [0.15, 0.2) is 24.3 Å². The summed E-state index contributed by atoms with van der Waals surface area (Å²) in [6, 6.07) is 8.49. The maximum Gasteiger partial charge on any atom is 0.303 e. The van der Waals surface area contributed by atoms with E-state index in [1.807, 2.05) is 0 Å². The first-order valence-electron chi connectivity index (χ1n) is 8.26. The number of fused-ring (bicyclic) bond motifs is 1. The molecule has 0 bridgehead atoms. The van der Waals surface area contributed by atoms with Gasteiger partial charge in [-0.15, -0.1) is 0 Å². The van der Waals surface area contributed by atoms with Gasteiger partial charge in [-0.05, 0) is 36.2 Å². The van der Waals surface area contributed by atoms with E-state index in [1.165, 1.54) is 5.56 Å². The van der Waals surface area contributed by atoms with Gasteiger partial charge in [-0.25, -0.2) is 0 Å². The quantitative estimate of drug-likeness (QED) is 0.889. The number of carboxylic acid groups (broad SMARTS) is 1. The standard InChI is InChI=1S/C19H24N2O2/c1-19(2,3)14-9-7-12(8-10-14)18-17-13(11-16(22)23)5-4-6-15(17)20-21-18/h7-10,13H,4-6,11H2,1-3H3,(H,20,21)(H,22,23). The van der Waals surface area contributed by atoms with Gasteiger partial charge in [0.05, 0.1) is 12.1 Å². The molecule has 0 saturated heterocycles. The summed E-state index contributed by atoms with van der Waals surface area (Å²) in [5, 5.41) is 16.8. The van der Waals surface area contributed by atoms with Crippen LogP contribution in [-0.4, -0.2) is 21.3 Å². The van der Waals surface area contributed by atoms with E-state index in [1.54, 1.807) is 0 Å². The Bertz CT molecular complexity index is 708. The molecule has 1 aliphatic carbocycles. The van der Waals surface area contributed by atoms with Crippen molar-refractivity contribution in [2.45, 2.75) is 57.8 Å². The van der Waals surface area contributed by atoms with Crippen LogP contribution in [0.1, 0.15) is 62.8 Å². The maximum absolute atomic E-state index is 11.2. The molecule has 3 rings (SSSR count). The molecule has 2 aromatic rings. The molecule has 1 aromatic heterocycles. The normalized spacial score (nSPS) is 17.8. The molecule has 1 heterocycles. The third-order valence-corrected chi connectivity index (χ3v) is 4.72. The van der Waals surface area contributed by atoms with Crippen LogP contribution in [0.2, 0.25) is 0 Å². The Hall–Kier alpha value is -2.10. The predicted molar refractivity (Wildman–Crippen MR) is 90.7 cm³/mol. The molecule has 1 unspecified atom stereocenters. The molecule has 4 nitrogen and oxygen atoms in total.